The summed E-state index contributed by atoms with van der Waals surface area (Å²) in [6, 6.07) is 3.75. The SMILES string of the molecule is O=C1CNCc2cc3c(cc2N1)OCCO3. The van der Waals surface area contributed by atoms with Crippen molar-refractivity contribution in [2.75, 3.05) is 25.1 Å². The highest BCUT2D eigenvalue weighted by Crippen LogP contribution is 2.35. The maximum Gasteiger partial charge on any atom is 0.238 e. The molecule has 0 atom stereocenters. The second-order valence-corrected chi connectivity index (χ2v) is 3.80. The van der Waals surface area contributed by atoms with Gasteiger partial charge in [-0.1, -0.05) is 0 Å². The van der Waals surface area contributed by atoms with Crippen LogP contribution < -0.4 is 20.1 Å². The van der Waals surface area contributed by atoms with Crippen LogP contribution >= 0.6 is 0 Å². The predicted molar refractivity (Wildman–Crippen MR) is 57.8 cm³/mol. The van der Waals surface area contributed by atoms with Crippen molar-refractivity contribution in [2.24, 2.45) is 0 Å². The first-order valence-corrected chi connectivity index (χ1v) is 5.26. The van der Waals surface area contributed by atoms with Crippen molar-refractivity contribution in [2.45, 2.75) is 6.54 Å². The van der Waals surface area contributed by atoms with Gasteiger partial charge in [0.05, 0.1) is 6.54 Å². The van der Waals surface area contributed by atoms with Gasteiger partial charge in [0.25, 0.3) is 0 Å². The Kier molecular flexibility index (Phi) is 2.18. The number of rotatable bonds is 0. The van der Waals surface area contributed by atoms with Crippen molar-refractivity contribution in [1.82, 2.24) is 5.32 Å². The van der Waals surface area contributed by atoms with E-state index in [9.17, 15) is 4.79 Å². The van der Waals surface area contributed by atoms with Crippen molar-refractivity contribution in [3.8, 4) is 11.5 Å². The monoisotopic (exact) mass is 220 g/mol. The molecule has 0 saturated carbocycles. The van der Waals surface area contributed by atoms with Crippen LogP contribution in [-0.4, -0.2) is 25.7 Å². The molecular weight excluding hydrogens is 208 g/mol. The van der Waals surface area contributed by atoms with Crippen molar-refractivity contribution in [3.63, 3.8) is 0 Å². The molecule has 2 aliphatic heterocycles. The van der Waals surface area contributed by atoms with Gasteiger partial charge in [0.1, 0.15) is 13.2 Å². The van der Waals surface area contributed by atoms with Gasteiger partial charge in [0.2, 0.25) is 5.91 Å². The predicted octanol–water partition coefficient (Wildman–Crippen LogP) is 0.499. The van der Waals surface area contributed by atoms with Gasteiger partial charge in [-0.25, -0.2) is 0 Å². The lowest BCUT2D eigenvalue weighted by Gasteiger charge is -2.20. The largest absolute Gasteiger partial charge is 0.486 e. The molecule has 1 aromatic carbocycles. The summed E-state index contributed by atoms with van der Waals surface area (Å²) in [5, 5.41) is 5.89. The highest BCUT2D eigenvalue weighted by Gasteiger charge is 2.18. The van der Waals surface area contributed by atoms with Crippen LogP contribution in [0.5, 0.6) is 11.5 Å². The standard InChI is InChI=1S/C11H12N2O3/c14-11-6-12-5-7-3-9-10(4-8(7)13-11)16-2-1-15-9/h3-4,12H,1-2,5-6H2,(H,13,14). The summed E-state index contributed by atoms with van der Waals surface area (Å²) < 4.78 is 11.0. The highest BCUT2D eigenvalue weighted by atomic mass is 16.6. The summed E-state index contributed by atoms with van der Waals surface area (Å²) >= 11 is 0. The molecule has 5 heteroatoms. The summed E-state index contributed by atoms with van der Waals surface area (Å²) in [6.07, 6.45) is 0. The van der Waals surface area contributed by atoms with Crippen molar-refractivity contribution < 1.29 is 14.3 Å². The van der Waals surface area contributed by atoms with Crippen LogP contribution in [0.25, 0.3) is 0 Å². The van der Waals surface area contributed by atoms with E-state index in [-0.39, 0.29) is 5.91 Å². The number of hydrogen-bond donors (Lipinski definition) is 2. The summed E-state index contributed by atoms with van der Waals surface area (Å²) in [5.74, 6) is 1.42. The summed E-state index contributed by atoms with van der Waals surface area (Å²) in [5.41, 5.74) is 1.83. The molecule has 5 nitrogen and oxygen atoms in total. The lowest BCUT2D eigenvalue weighted by Crippen LogP contribution is -2.23. The molecule has 0 aromatic heterocycles. The topological polar surface area (TPSA) is 59.6 Å². The van der Waals surface area contributed by atoms with E-state index >= 15 is 0 Å². The first kappa shape index (κ1) is 9.47. The van der Waals surface area contributed by atoms with Crippen LogP contribution in [0.1, 0.15) is 5.56 Å². The molecule has 2 heterocycles. The van der Waals surface area contributed by atoms with E-state index in [1.165, 1.54) is 0 Å². The number of ether oxygens (including phenoxy) is 2. The molecule has 0 saturated heterocycles. The molecule has 2 N–H and O–H groups in total. The number of carbonyl (C=O) groups is 1. The Morgan fingerprint density at radius 2 is 1.81 bits per heavy atom. The molecule has 0 spiro atoms. The van der Waals surface area contributed by atoms with Gasteiger partial charge in [0.15, 0.2) is 11.5 Å². The number of fused-ring (bicyclic) bond motifs is 2. The molecule has 0 radical (unpaired) electrons. The van der Waals surface area contributed by atoms with Crippen molar-refractivity contribution >= 4 is 11.6 Å². The maximum atomic E-state index is 11.4. The quantitative estimate of drug-likeness (QED) is 0.668. The fourth-order valence-electron chi connectivity index (χ4n) is 1.90. The zero-order valence-electron chi connectivity index (χ0n) is 8.71. The smallest absolute Gasteiger partial charge is 0.238 e. The molecule has 0 unspecified atom stereocenters. The Balaban J connectivity index is 2.04. The molecule has 1 amide bonds. The zero-order chi connectivity index (χ0) is 11.0. The minimum atomic E-state index is -0.0320. The number of anilines is 1. The van der Waals surface area contributed by atoms with E-state index in [0.29, 0.717) is 32.1 Å². The minimum Gasteiger partial charge on any atom is -0.486 e. The fourth-order valence-corrected chi connectivity index (χ4v) is 1.90. The number of amides is 1. The normalized spacial score (nSPS) is 18.4. The number of carbonyl (C=O) groups excluding carboxylic acids is 1. The van der Waals surface area contributed by atoms with Gasteiger partial charge in [-0.15, -0.1) is 0 Å². The number of nitrogens with one attached hydrogen (secondary N) is 2. The maximum absolute atomic E-state index is 11.4. The Hall–Kier alpha value is -1.75. The van der Waals surface area contributed by atoms with Crippen LogP contribution in [-0.2, 0) is 11.3 Å². The molecule has 0 fully saturated rings. The lowest BCUT2D eigenvalue weighted by molar-refractivity contribution is -0.115. The first-order chi connectivity index (χ1) is 7.83. The van der Waals surface area contributed by atoms with Crippen LogP contribution in [0.3, 0.4) is 0 Å². The van der Waals surface area contributed by atoms with Crippen LogP contribution in [0, 0.1) is 0 Å². The zero-order valence-corrected chi connectivity index (χ0v) is 8.71. The summed E-state index contributed by atoms with van der Waals surface area (Å²) in [7, 11) is 0. The number of benzene rings is 1. The van der Waals surface area contributed by atoms with Crippen LogP contribution in [0.4, 0.5) is 5.69 Å². The Labute approximate surface area is 92.7 Å². The first-order valence-electron chi connectivity index (χ1n) is 5.26. The molecular formula is C11H12N2O3. The Morgan fingerprint density at radius 3 is 2.62 bits per heavy atom. The molecule has 2 aliphatic rings. The Morgan fingerprint density at radius 1 is 1.06 bits per heavy atom. The van der Waals surface area contributed by atoms with E-state index in [1.54, 1.807) is 0 Å². The van der Waals surface area contributed by atoms with E-state index < -0.39 is 0 Å². The summed E-state index contributed by atoms with van der Waals surface area (Å²) in [6.45, 7) is 2.12. The molecule has 1 aromatic rings. The van der Waals surface area contributed by atoms with Gasteiger partial charge in [-0.05, 0) is 11.6 Å². The van der Waals surface area contributed by atoms with Gasteiger partial charge in [-0.3, -0.25) is 4.79 Å². The van der Waals surface area contributed by atoms with E-state index in [1.807, 2.05) is 12.1 Å². The second-order valence-electron chi connectivity index (χ2n) is 3.80. The van der Waals surface area contributed by atoms with E-state index in [4.69, 9.17) is 9.47 Å². The van der Waals surface area contributed by atoms with Crippen LogP contribution in [0.15, 0.2) is 12.1 Å². The second kappa shape index (κ2) is 3.68. The van der Waals surface area contributed by atoms with Gasteiger partial charge in [0, 0.05) is 18.3 Å². The fraction of sp³-hybridized carbons (Fsp3) is 0.364. The van der Waals surface area contributed by atoms with Gasteiger partial charge >= 0.3 is 0 Å². The van der Waals surface area contributed by atoms with Gasteiger partial charge in [-0.2, -0.15) is 0 Å². The van der Waals surface area contributed by atoms with Crippen LogP contribution in [0.2, 0.25) is 0 Å². The van der Waals surface area contributed by atoms with Crippen molar-refractivity contribution in [1.29, 1.82) is 0 Å². The number of hydrogen-bond acceptors (Lipinski definition) is 4. The lowest BCUT2D eigenvalue weighted by atomic mass is 10.1. The van der Waals surface area contributed by atoms with Gasteiger partial charge < -0.3 is 20.1 Å². The average Bonchev–Trinajstić information content (AvgIpc) is 2.46. The third-order valence-corrected chi connectivity index (χ3v) is 2.64. The Bertz CT molecular complexity index is 445. The molecule has 16 heavy (non-hydrogen) atoms. The molecule has 0 aliphatic carbocycles. The third-order valence-electron chi connectivity index (χ3n) is 2.64. The third kappa shape index (κ3) is 1.59. The molecule has 0 bridgehead atoms. The summed E-state index contributed by atoms with van der Waals surface area (Å²) in [4.78, 5) is 11.4. The van der Waals surface area contributed by atoms with E-state index in [0.717, 1.165) is 17.0 Å². The minimum absolute atomic E-state index is 0.0320. The average molecular weight is 220 g/mol. The molecule has 84 valence electrons. The van der Waals surface area contributed by atoms with Crippen molar-refractivity contribution in [3.05, 3.63) is 17.7 Å². The van der Waals surface area contributed by atoms with E-state index in [2.05, 4.69) is 10.6 Å². The molecule has 3 rings (SSSR count). The highest BCUT2D eigenvalue weighted by molar-refractivity contribution is 5.94.